The van der Waals surface area contributed by atoms with Gasteiger partial charge in [0.05, 0.1) is 16.0 Å². The summed E-state index contributed by atoms with van der Waals surface area (Å²) < 4.78 is 1.50. The number of thioether (sulfide) groups is 1. The van der Waals surface area contributed by atoms with E-state index in [1.807, 2.05) is 17.5 Å². The molecule has 4 rings (SSSR count). The number of imide groups is 1. The number of nitrogens with two attached hydrogens (primary N) is 1. The first-order valence-electron chi connectivity index (χ1n) is 8.49. The van der Waals surface area contributed by atoms with E-state index in [1.54, 1.807) is 35.6 Å². The maximum Gasteiger partial charge on any atom is 0.261 e. The zero-order valence-corrected chi connectivity index (χ0v) is 16.0. The lowest BCUT2D eigenvalue weighted by atomic mass is 10.1. The van der Waals surface area contributed by atoms with E-state index in [0.717, 1.165) is 23.5 Å². The highest BCUT2D eigenvalue weighted by Crippen LogP contribution is 2.26. The normalized spacial score (nSPS) is 13.4. The van der Waals surface area contributed by atoms with E-state index in [1.165, 1.54) is 21.3 Å². The molecule has 7 nitrogen and oxygen atoms in total. The molecule has 1 aliphatic heterocycles. The Labute approximate surface area is 164 Å². The van der Waals surface area contributed by atoms with E-state index < -0.39 is 0 Å². The van der Waals surface area contributed by atoms with Crippen LogP contribution in [0.5, 0.6) is 0 Å². The highest BCUT2D eigenvalue weighted by atomic mass is 32.2. The molecule has 0 spiro atoms. The first-order chi connectivity index (χ1) is 13.2. The van der Waals surface area contributed by atoms with Gasteiger partial charge < -0.3 is 5.84 Å². The van der Waals surface area contributed by atoms with Crippen molar-refractivity contribution in [1.29, 1.82) is 0 Å². The number of rotatable bonds is 7. The zero-order valence-electron chi connectivity index (χ0n) is 14.4. The Bertz CT molecular complexity index is 949. The molecule has 0 saturated carbocycles. The molecule has 3 aromatic rings. The van der Waals surface area contributed by atoms with Crippen LogP contribution in [0.2, 0.25) is 0 Å². The van der Waals surface area contributed by atoms with Gasteiger partial charge in [0.2, 0.25) is 5.16 Å². The zero-order chi connectivity index (χ0) is 18.8. The molecule has 9 heteroatoms. The van der Waals surface area contributed by atoms with Crippen LogP contribution in [0.25, 0.3) is 10.7 Å². The van der Waals surface area contributed by atoms with Crippen molar-refractivity contribution in [2.24, 2.45) is 0 Å². The minimum absolute atomic E-state index is 0.203. The van der Waals surface area contributed by atoms with Gasteiger partial charge in [-0.15, -0.1) is 21.5 Å². The van der Waals surface area contributed by atoms with Gasteiger partial charge in [0.25, 0.3) is 11.8 Å². The van der Waals surface area contributed by atoms with E-state index in [0.29, 0.717) is 28.7 Å². The summed E-state index contributed by atoms with van der Waals surface area (Å²) in [6.07, 6.45) is 1.56. The van der Waals surface area contributed by atoms with Gasteiger partial charge in [0.1, 0.15) is 0 Å². The van der Waals surface area contributed by atoms with Crippen LogP contribution in [0.4, 0.5) is 0 Å². The van der Waals surface area contributed by atoms with Crippen molar-refractivity contribution in [3.8, 4) is 10.7 Å². The smallest absolute Gasteiger partial charge is 0.261 e. The van der Waals surface area contributed by atoms with Crippen LogP contribution < -0.4 is 5.84 Å². The summed E-state index contributed by atoms with van der Waals surface area (Å²) in [5.74, 6) is 7.10. The lowest BCUT2D eigenvalue weighted by molar-refractivity contribution is 0.0652. The summed E-state index contributed by atoms with van der Waals surface area (Å²) in [5.41, 5.74) is 0.989. The van der Waals surface area contributed by atoms with E-state index in [-0.39, 0.29) is 11.8 Å². The van der Waals surface area contributed by atoms with Gasteiger partial charge >= 0.3 is 0 Å². The number of unbranched alkanes of at least 4 members (excludes halogenated alkanes) is 1. The molecule has 1 aromatic carbocycles. The van der Waals surface area contributed by atoms with Gasteiger partial charge in [-0.25, -0.2) is 4.68 Å². The third-order valence-electron chi connectivity index (χ3n) is 4.29. The van der Waals surface area contributed by atoms with Crippen LogP contribution in [0.15, 0.2) is 46.9 Å². The molecule has 27 heavy (non-hydrogen) atoms. The summed E-state index contributed by atoms with van der Waals surface area (Å²) in [5, 5.41) is 10.9. The van der Waals surface area contributed by atoms with Crippen molar-refractivity contribution in [3.63, 3.8) is 0 Å². The maximum atomic E-state index is 12.3. The van der Waals surface area contributed by atoms with Gasteiger partial charge in [0, 0.05) is 12.3 Å². The topological polar surface area (TPSA) is 94.1 Å². The number of nitrogens with zero attached hydrogens (tertiary/aromatic N) is 4. The summed E-state index contributed by atoms with van der Waals surface area (Å²) in [6.45, 7) is 0.419. The second kappa shape index (κ2) is 7.53. The summed E-state index contributed by atoms with van der Waals surface area (Å²) in [7, 11) is 0. The number of carbonyl (C=O) groups is 2. The number of hydrogen-bond acceptors (Lipinski definition) is 7. The lowest BCUT2D eigenvalue weighted by Crippen LogP contribution is -2.30. The Kier molecular flexibility index (Phi) is 4.95. The largest absolute Gasteiger partial charge is 0.335 e. The molecule has 0 atom stereocenters. The number of nitrogen functional groups attached to an aromatic ring is 1. The Morgan fingerprint density at radius 3 is 2.41 bits per heavy atom. The quantitative estimate of drug-likeness (QED) is 0.284. The van der Waals surface area contributed by atoms with Crippen molar-refractivity contribution in [2.45, 2.75) is 18.0 Å². The van der Waals surface area contributed by atoms with Crippen LogP contribution in [-0.4, -0.2) is 43.9 Å². The molecule has 3 heterocycles. The molecule has 0 saturated heterocycles. The van der Waals surface area contributed by atoms with Crippen molar-refractivity contribution in [3.05, 3.63) is 52.9 Å². The molecule has 2 amide bonds. The summed E-state index contributed by atoms with van der Waals surface area (Å²) in [6, 6.07) is 10.8. The Balaban J connectivity index is 1.27. The standard InChI is InChI=1S/C18H17N5O2S2/c19-23-15(14-8-5-11-26-14)20-21-18(23)27-10-4-3-9-22-16(24)12-6-1-2-7-13(12)17(22)25/h1-2,5-8,11H,3-4,9-10,19H2. The highest BCUT2D eigenvalue weighted by Gasteiger charge is 2.34. The van der Waals surface area contributed by atoms with Crippen molar-refractivity contribution in [2.75, 3.05) is 18.1 Å². The summed E-state index contributed by atoms with van der Waals surface area (Å²) in [4.78, 5) is 26.9. The van der Waals surface area contributed by atoms with Gasteiger partial charge in [-0.3, -0.25) is 14.5 Å². The number of aromatic nitrogens is 3. The minimum Gasteiger partial charge on any atom is -0.335 e. The molecule has 0 radical (unpaired) electrons. The molecule has 1 aliphatic rings. The maximum absolute atomic E-state index is 12.3. The molecule has 0 bridgehead atoms. The van der Waals surface area contributed by atoms with Gasteiger partial charge in [-0.2, -0.15) is 0 Å². The molecular weight excluding hydrogens is 382 g/mol. The lowest BCUT2D eigenvalue weighted by Gasteiger charge is -2.13. The monoisotopic (exact) mass is 399 g/mol. The molecule has 0 aliphatic carbocycles. The van der Waals surface area contributed by atoms with Crippen LogP contribution >= 0.6 is 23.1 Å². The average molecular weight is 400 g/mol. The Morgan fingerprint density at radius 1 is 1.00 bits per heavy atom. The molecule has 0 fully saturated rings. The van der Waals surface area contributed by atoms with Crippen LogP contribution in [0.3, 0.4) is 0 Å². The van der Waals surface area contributed by atoms with Crippen molar-refractivity contribution in [1.82, 2.24) is 19.8 Å². The fourth-order valence-electron chi connectivity index (χ4n) is 2.93. The fourth-order valence-corrected chi connectivity index (χ4v) is 4.49. The first-order valence-corrected chi connectivity index (χ1v) is 10.4. The van der Waals surface area contributed by atoms with Gasteiger partial charge in [-0.1, -0.05) is 30.0 Å². The van der Waals surface area contributed by atoms with E-state index in [9.17, 15) is 9.59 Å². The first kappa shape index (κ1) is 17.7. The predicted molar refractivity (Wildman–Crippen MR) is 105 cm³/mol. The summed E-state index contributed by atoms with van der Waals surface area (Å²) >= 11 is 3.08. The SMILES string of the molecule is Nn1c(SCCCCN2C(=O)c3ccccc3C2=O)nnc1-c1cccs1. The Morgan fingerprint density at radius 2 is 1.74 bits per heavy atom. The predicted octanol–water partition coefficient (Wildman–Crippen LogP) is 2.89. The molecule has 0 unspecified atom stereocenters. The van der Waals surface area contributed by atoms with Crippen LogP contribution in [-0.2, 0) is 0 Å². The number of thiophene rings is 1. The number of fused-ring (bicyclic) bond motifs is 1. The fraction of sp³-hybridized carbons (Fsp3) is 0.222. The van der Waals surface area contributed by atoms with Crippen LogP contribution in [0, 0.1) is 0 Å². The number of amides is 2. The number of benzene rings is 1. The molecule has 2 aromatic heterocycles. The number of hydrogen-bond donors (Lipinski definition) is 1. The van der Waals surface area contributed by atoms with Crippen molar-refractivity contribution < 1.29 is 9.59 Å². The highest BCUT2D eigenvalue weighted by molar-refractivity contribution is 7.99. The minimum atomic E-state index is -0.203. The van der Waals surface area contributed by atoms with Gasteiger partial charge in [-0.05, 0) is 36.4 Å². The molecule has 138 valence electrons. The van der Waals surface area contributed by atoms with Crippen LogP contribution in [0.1, 0.15) is 33.6 Å². The molecular formula is C18H17N5O2S2. The second-order valence-electron chi connectivity index (χ2n) is 6.02. The van der Waals surface area contributed by atoms with Crippen molar-refractivity contribution >= 4 is 34.9 Å². The average Bonchev–Trinajstić information content (AvgIpc) is 3.38. The third-order valence-corrected chi connectivity index (χ3v) is 6.19. The third kappa shape index (κ3) is 3.35. The van der Waals surface area contributed by atoms with E-state index in [2.05, 4.69) is 10.2 Å². The van der Waals surface area contributed by atoms with Gasteiger partial charge in [0.15, 0.2) is 5.82 Å². The number of carbonyl (C=O) groups excluding carboxylic acids is 2. The molecule has 2 N–H and O–H groups in total. The second-order valence-corrected chi connectivity index (χ2v) is 8.03. The van der Waals surface area contributed by atoms with E-state index in [4.69, 9.17) is 5.84 Å². The Hall–Kier alpha value is -2.65. The van der Waals surface area contributed by atoms with E-state index >= 15 is 0 Å².